The summed E-state index contributed by atoms with van der Waals surface area (Å²) in [5, 5.41) is 11.4. The van der Waals surface area contributed by atoms with Gasteiger partial charge >= 0.3 is 0 Å². The van der Waals surface area contributed by atoms with Gasteiger partial charge in [0, 0.05) is 6.54 Å². The molecule has 86 valence electrons. The van der Waals surface area contributed by atoms with Crippen molar-refractivity contribution in [3.05, 3.63) is 0 Å². The molecule has 1 aliphatic rings. The number of hydrogen-bond donors (Lipinski definition) is 2. The second-order valence-corrected chi connectivity index (χ2v) is 4.02. The van der Waals surface area contributed by atoms with Gasteiger partial charge in [-0.15, -0.1) is 0 Å². The van der Waals surface area contributed by atoms with E-state index in [0.717, 1.165) is 0 Å². The van der Waals surface area contributed by atoms with Crippen molar-refractivity contribution < 1.29 is 14.7 Å². The highest BCUT2D eigenvalue weighted by molar-refractivity contribution is 7.99. The Bertz CT molecular complexity index is 260. The monoisotopic (exact) mass is 233 g/mol. The number of oxime groups is 1. The van der Waals surface area contributed by atoms with Crippen molar-refractivity contribution in [2.45, 2.75) is 6.10 Å². The first kappa shape index (κ1) is 12.1. The summed E-state index contributed by atoms with van der Waals surface area (Å²) in [6.07, 6.45) is 1.38. The molecule has 0 aliphatic carbocycles. The first-order chi connectivity index (χ1) is 7.19. The summed E-state index contributed by atoms with van der Waals surface area (Å²) in [4.78, 5) is 13.2. The molecule has 0 aromatic carbocycles. The number of nitrogens with zero attached hydrogens (tertiary/aromatic N) is 2. The van der Waals surface area contributed by atoms with Crippen LogP contribution in [0, 0.1) is 0 Å². The van der Waals surface area contributed by atoms with Gasteiger partial charge in [0.15, 0.2) is 5.84 Å². The van der Waals surface area contributed by atoms with Crippen LogP contribution in [0.4, 0.5) is 0 Å². The molecular formula is C8H15N3O3S. The first-order valence-corrected chi connectivity index (χ1v) is 5.94. The fourth-order valence-electron chi connectivity index (χ4n) is 1.33. The Morgan fingerprint density at radius 1 is 1.80 bits per heavy atom. The molecule has 1 rings (SSSR count). The van der Waals surface area contributed by atoms with Gasteiger partial charge in [-0.25, -0.2) is 0 Å². The summed E-state index contributed by atoms with van der Waals surface area (Å²) in [5.74, 6) is 0.515. The van der Waals surface area contributed by atoms with E-state index < -0.39 is 6.10 Å². The van der Waals surface area contributed by atoms with Crippen LogP contribution in [0.15, 0.2) is 5.16 Å². The van der Waals surface area contributed by atoms with E-state index in [1.165, 1.54) is 11.8 Å². The zero-order valence-corrected chi connectivity index (χ0v) is 9.37. The molecular weight excluding hydrogens is 218 g/mol. The molecule has 3 N–H and O–H groups in total. The van der Waals surface area contributed by atoms with Gasteiger partial charge in [0.25, 0.3) is 0 Å². The maximum Gasteiger partial charge on any atom is 0.232 e. The number of hydrogen-bond acceptors (Lipinski definition) is 5. The predicted octanol–water partition coefficient (Wildman–Crippen LogP) is -0.677. The number of carbonyl (C=O) groups excluding carboxylic acids is 1. The van der Waals surface area contributed by atoms with Gasteiger partial charge < -0.3 is 20.6 Å². The summed E-state index contributed by atoms with van der Waals surface area (Å²) in [6.45, 7) is 1.34. The van der Waals surface area contributed by atoms with Crippen LogP contribution in [-0.4, -0.2) is 59.7 Å². The third kappa shape index (κ3) is 3.28. The highest BCUT2D eigenvalue weighted by Gasteiger charge is 2.26. The lowest BCUT2D eigenvalue weighted by atomic mass is 10.2. The fourth-order valence-corrected chi connectivity index (χ4v) is 1.76. The third-order valence-electron chi connectivity index (χ3n) is 2.13. The molecule has 0 aromatic heterocycles. The van der Waals surface area contributed by atoms with E-state index >= 15 is 0 Å². The zero-order chi connectivity index (χ0) is 11.3. The molecule has 1 atom stereocenters. The van der Waals surface area contributed by atoms with E-state index in [0.29, 0.717) is 25.4 Å². The number of rotatable bonds is 3. The third-order valence-corrected chi connectivity index (χ3v) is 2.67. The van der Waals surface area contributed by atoms with Gasteiger partial charge in [-0.05, 0) is 6.26 Å². The Balaban J connectivity index is 2.52. The predicted molar refractivity (Wildman–Crippen MR) is 58.1 cm³/mol. The maximum absolute atomic E-state index is 11.6. The van der Waals surface area contributed by atoms with Crippen LogP contribution in [-0.2, 0) is 9.53 Å². The van der Waals surface area contributed by atoms with E-state index in [4.69, 9.17) is 15.7 Å². The Hall–Kier alpha value is -0.950. The summed E-state index contributed by atoms with van der Waals surface area (Å²) < 4.78 is 5.27. The van der Waals surface area contributed by atoms with Gasteiger partial charge in [0.2, 0.25) is 5.91 Å². The van der Waals surface area contributed by atoms with Crippen LogP contribution in [0.25, 0.3) is 0 Å². The standard InChI is InChI=1S/C8H15N3O3S/c1-15-5-7(12)11-2-3-14-6(4-11)8(9)10-13/h6,13H,2-5H2,1H3,(H2,9,10). The number of nitrogens with two attached hydrogens (primary N) is 1. The maximum atomic E-state index is 11.6. The lowest BCUT2D eigenvalue weighted by molar-refractivity contribution is -0.133. The SMILES string of the molecule is CSCC(=O)N1CCOC(C(N)=NO)C1. The lowest BCUT2D eigenvalue weighted by Gasteiger charge is -2.32. The summed E-state index contributed by atoms with van der Waals surface area (Å²) in [7, 11) is 0. The van der Waals surface area contributed by atoms with Gasteiger partial charge in [-0.3, -0.25) is 4.79 Å². The second kappa shape index (κ2) is 5.82. The van der Waals surface area contributed by atoms with E-state index in [-0.39, 0.29) is 11.7 Å². The minimum Gasteiger partial charge on any atom is -0.409 e. The Morgan fingerprint density at radius 3 is 3.13 bits per heavy atom. The molecule has 0 bridgehead atoms. The average Bonchev–Trinajstić information content (AvgIpc) is 2.28. The molecule has 1 amide bonds. The van der Waals surface area contributed by atoms with Crippen molar-refractivity contribution in [3.63, 3.8) is 0 Å². The van der Waals surface area contributed by atoms with Crippen LogP contribution in [0.2, 0.25) is 0 Å². The molecule has 1 saturated heterocycles. The number of morpholine rings is 1. The second-order valence-electron chi connectivity index (χ2n) is 3.16. The Kier molecular flexibility index (Phi) is 4.70. The van der Waals surface area contributed by atoms with Crippen molar-refractivity contribution in [2.75, 3.05) is 31.7 Å². The van der Waals surface area contributed by atoms with Crippen LogP contribution in [0.3, 0.4) is 0 Å². The van der Waals surface area contributed by atoms with Crippen LogP contribution < -0.4 is 5.73 Å². The Morgan fingerprint density at radius 2 is 2.53 bits per heavy atom. The van der Waals surface area contributed by atoms with Crippen LogP contribution >= 0.6 is 11.8 Å². The van der Waals surface area contributed by atoms with Gasteiger partial charge in [-0.2, -0.15) is 11.8 Å². The lowest BCUT2D eigenvalue weighted by Crippen LogP contribution is -2.51. The molecule has 15 heavy (non-hydrogen) atoms. The van der Waals surface area contributed by atoms with Crippen molar-refractivity contribution in [1.82, 2.24) is 4.90 Å². The van der Waals surface area contributed by atoms with Crippen molar-refractivity contribution in [2.24, 2.45) is 10.9 Å². The molecule has 6 nitrogen and oxygen atoms in total. The van der Waals surface area contributed by atoms with E-state index in [1.807, 2.05) is 6.26 Å². The summed E-state index contributed by atoms with van der Waals surface area (Å²) >= 11 is 1.48. The number of carbonyl (C=O) groups is 1. The van der Waals surface area contributed by atoms with Crippen molar-refractivity contribution in [3.8, 4) is 0 Å². The highest BCUT2D eigenvalue weighted by atomic mass is 32.2. The molecule has 1 heterocycles. The highest BCUT2D eigenvalue weighted by Crippen LogP contribution is 2.07. The minimum atomic E-state index is -0.491. The fraction of sp³-hybridized carbons (Fsp3) is 0.750. The van der Waals surface area contributed by atoms with E-state index in [9.17, 15) is 4.79 Å². The average molecular weight is 233 g/mol. The molecule has 1 unspecified atom stereocenters. The van der Waals surface area contributed by atoms with Crippen LogP contribution in [0.1, 0.15) is 0 Å². The molecule has 0 saturated carbocycles. The normalized spacial score (nSPS) is 22.9. The first-order valence-electron chi connectivity index (χ1n) is 4.54. The van der Waals surface area contributed by atoms with Crippen molar-refractivity contribution in [1.29, 1.82) is 0 Å². The summed E-state index contributed by atoms with van der Waals surface area (Å²) in [6, 6.07) is 0. The largest absolute Gasteiger partial charge is 0.409 e. The molecule has 0 radical (unpaired) electrons. The zero-order valence-electron chi connectivity index (χ0n) is 8.55. The number of amides is 1. The van der Waals surface area contributed by atoms with Crippen molar-refractivity contribution >= 4 is 23.5 Å². The van der Waals surface area contributed by atoms with Gasteiger partial charge in [0.05, 0.1) is 18.9 Å². The topological polar surface area (TPSA) is 88.2 Å². The molecule has 7 heteroatoms. The summed E-state index contributed by atoms with van der Waals surface area (Å²) in [5.41, 5.74) is 5.42. The molecule has 0 spiro atoms. The molecule has 0 aromatic rings. The van der Waals surface area contributed by atoms with Gasteiger partial charge in [-0.1, -0.05) is 5.16 Å². The smallest absolute Gasteiger partial charge is 0.232 e. The van der Waals surface area contributed by atoms with Gasteiger partial charge in [0.1, 0.15) is 6.10 Å². The van der Waals surface area contributed by atoms with E-state index in [1.54, 1.807) is 4.90 Å². The number of amidine groups is 1. The quantitative estimate of drug-likeness (QED) is 0.292. The molecule has 1 fully saturated rings. The van der Waals surface area contributed by atoms with E-state index in [2.05, 4.69) is 5.16 Å². The Labute approximate surface area is 92.4 Å². The number of ether oxygens (including phenoxy) is 1. The minimum absolute atomic E-state index is 0.0108. The van der Waals surface area contributed by atoms with Crippen LogP contribution in [0.5, 0.6) is 0 Å². The number of thioether (sulfide) groups is 1. The molecule has 1 aliphatic heterocycles.